The second-order valence-corrected chi connectivity index (χ2v) is 6.66. The molecule has 24 heavy (non-hydrogen) atoms. The number of fused-ring (bicyclic) bond motifs is 1. The number of aliphatic hydroxyl groups is 1. The Kier molecular flexibility index (Phi) is 4.57. The van der Waals surface area contributed by atoms with Crippen LogP contribution in [0.15, 0.2) is 24.3 Å². The van der Waals surface area contributed by atoms with Crippen molar-refractivity contribution in [2.75, 3.05) is 32.9 Å². The number of nitrogens with zero attached hydrogens (tertiary/aromatic N) is 1. The number of alkyl halides is 3. The third-order valence-corrected chi connectivity index (χ3v) is 5.14. The first kappa shape index (κ1) is 17.2. The van der Waals surface area contributed by atoms with Crippen molar-refractivity contribution in [2.45, 2.75) is 19.0 Å². The Labute approximate surface area is 138 Å². The van der Waals surface area contributed by atoms with Gasteiger partial charge in [-0.2, -0.15) is 13.2 Å². The fourth-order valence-electron chi connectivity index (χ4n) is 3.74. The van der Waals surface area contributed by atoms with Crippen molar-refractivity contribution < 1.29 is 27.8 Å². The smallest absolute Gasteiger partial charge is 0.396 e. The van der Waals surface area contributed by atoms with Crippen LogP contribution < -0.4 is 0 Å². The van der Waals surface area contributed by atoms with E-state index in [1.165, 1.54) is 18.2 Å². The number of ether oxygens (including phenoxy) is 1. The number of hydrogen-bond acceptors (Lipinski definition) is 3. The highest BCUT2D eigenvalue weighted by molar-refractivity contribution is 5.79. The van der Waals surface area contributed by atoms with Gasteiger partial charge in [0.2, 0.25) is 5.91 Å². The molecule has 1 amide bonds. The largest absolute Gasteiger partial charge is 0.416 e. The molecule has 0 bridgehead atoms. The summed E-state index contributed by atoms with van der Waals surface area (Å²) in [6.45, 7) is 1.70. The lowest BCUT2D eigenvalue weighted by molar-refractivity contribution is -0.138. The molecule has 1 N–H and O–H groups in total. The zero-order chi connectivity index (χ0) is 17.4. The lowest BCUT2D eigenvalue weighted by Crippen LogP contribution is -2.43. The average molecular weight is 343 g/mol. The molecule has 2 aliphatic heterocycles. The Morgan fingerprint density at radius 2 is 2.12 bits per heavy atom. The van der Waals surface area contributed by atoms with E-state index in [1.54, 1.807) is 4.90 Å². The standard InChI is InChI=1S/C17H20F3NO3/c18-17(19,20)14-4-2-1-3-12(14)7-15(23)21-8-13-5-6-24-11-16(13,9-21)10-22/h1-4,13,22H,5-11H2/t13-,16+/m0/s1. The molecule has 0 aliphatic carbocycles. The summed E-state index contributed by atoms with van der Waals surface area (Å²) in [6, 6.07) is 5.16. The molecule has 0 radical (unpaired) electrons. The van der Waals surface area contributed by atoms with E-state index in [1.807, 2.05) is 0 Å². The zero-order valence-corrected chi connectivity index (χ0v) is 13.2. The van der Waals surface area contributed by atoms with Gasteiger partial charge in [0.25, 0.3) is 0 Å². The fourth-order valence-corrected chi connectivity index (χ4v) is 3.74. The molecule has 0 unspecified atom stereocenters. The quantitative estimate of drug-likeness (QED) is 0.914. The van der Waals surface area contributed by atoms with E-state index in [0.29, 0.717) is 26.3 Å². The van der Waals surface area contributed by atoms with E-state index in [2.05, 4.69) is 0 Å². The van der Waals surface area contributed by atoms with E-state index >= 15 is 0 Å². The molecule has 7 heteroatoms. The van der Waals surface area contributed by atoms with Gasteiger partial charge in [0, 0.05) is 25.1 Å². The van der Waals surface area contributed by atoms with Crippen LogP contribution in [0.2, 0.25) is 0 Å². The molecule has 0 spiro atoms. The Balaban J connectivity index is 1.75. The molecule has 2 saturated heterocycles. The molecule has 2 aliphatic rings. The first-order valence-corrected chi connectivity index (χ1v) is 7.97. The summed E-state index contributed by atoms with van der Waals surface area (Å²) in [6.07, 6.45) is -4.01. The Morgan fingerprint density at radius 3 is 2.79 bits per heavy atom. The van der Waals surface area contributed by atoms with Gasteiger partial charge in [-0.3, -0.25) is 4.79 Å². The number of amides is 1. The molecule has 2 fully saturated rings. The minimum atomic E-state index is -4.48. The molecule has 2 atom stereocenters. The summed E-state index contributed by atoms with van der Waals surface area (Å²) in [5.74, 6) is -0.202. The van der Waals surface area contributed by atoms with Crippen molar-refractivity contribution in [1.29, 1.82) is 0 Å². The van der Waals surface area contributed by atoms with Gasteiger partial charge in [0.1, 0.15) is 0 Å². The van der Waals surface area contributed by atoms with Crippen LogP contribution in [0.1, 0.15) is 17.5 Å². The van der Waals surface area contributed by atoms with Crippen LogP contribution in [0.3, 0.4) is 0 Å². The number of hydrogen-bond donors (Lipinski definition) is 1. The maximum atomic E-state index is 13.1. The molecule has 1 aromatic rings. The second-order valence-electron chi connectivity index (χ2n) is 6.66. The number of carbonyl (C=O) groups is 1. The number of rotatable bonds is 3. The molecular weight excluding hydrogens is 323 g/mol. The van der Waals surface area contributed by atoms with Crippen LogP contribution in [0.5, 0.6) is 0 Å². The van der Waals surface area contributed by atoms with Crippen molar-refractivity contribution >= 4 is 5.91 Å². The van der Waals surface area contributed by atoms with Crippen molar-refractivity contribution in [3.63, 3.8) is 0 Å². The number of halogens is 3. The van der Waals surface area contributed by atoms with Crippen LogP contribution in [-0.2, 0) is 22.1 Å². The number of benzene rings is 1. The minimum Gasteiger partial charge on any atom is -0.396 e. The summed E-state index contributed by atoms with van der Waals surface area (Å²) >= 11 is 0. The fraction of sp³-hybridized carbons (Fsp3) is 0.588. The third kappa shape index (κ3) is 3.15. The maximum absolute atomic E-state index is 13.1. The first-order chi connectivity index (χ1) is 11.4. The molecule has 0 aromatic heterocycles. The molecule has 0 saturated carbocycles. The van der Waals surface area contributed by atoms with E-state index in [4.69, 9.17) is 4.74 Å². The SMILES string of the molecule is O=C(Cc1ccccc1C(F)(F)F)N1C[C@@H]2CCOC[C@]2(CO)C1. The number of aliphatic hydroxyl groups excluding tert-OH is 1. The molecular formula is C17H20F3NO3. The highest BCUT2D eigenvalue weighted by atomic mass is 19.4. The number of likely N-dealkylation sites (tertiary alicyclic amines) is 1. The number of carbonyl (C=O) groups excluding carboxylic acids is 1. The second kappa shape index (κ2) is 6.37. The predicted molar refractivity (Wildman–Crippen MR) is 80.2 cm³/mol. The van der Waals surface area contributed by atoms with Gasteiger partial charge in [-0.05, 0) is 24.0 Å². The predicted octanol–water partition coefficient (Wildman–Crippen LogP) is 2.11. The highest BCUT2D eigenvalue weighted by Crippen LogP contribution is 2.41. The summed E-state index contributed by atoms with van der Waals surface area (Å²) in [7, 11) is 0. The van der Waals surface area contributed by atoms with Crippen LogP contribution in [-0.4, -0.2) is 48.8 Å². The van der Waals surface area contributed by atoms with Crippen LogP contribution in [0.25, 0.3) is 0 Å². The highest BCUT2D eigenvalue weighted by Gasteiger charge is 2.49. The summed E-state index contributed by atoms with van der Waals surface area (Å²) < 4.78 is 44.6. The van der Waals surface area contributed by atoms with Gasteiger partial charge in [0.15, 0.2) is 0 Å². The Morgan fingerprint density at radius 1 is 1.38 bits per heavy atom. The van der Waals surface area contributed by atoms with Crippen LogP contribution >= 0.6 is 0 Å². The van der Waals surface area contributed by atoms with Crippen molar-refractivity contribution in [3.05, 3.63) is 35.4 Å². The lowest BCUT2D eigenvalue weighted by Gasteiger charge is -2.36. The van der Waals surface area contributed by atoms with Gasteiger partial charge in [-0.1, -0.05) is 18.2 Å². The van der Waals surface area contributed by atoms with Crippen molar-refractivity contribution in [2.24, 2.45) is 11.3 Å². The summed E-state index contributed by atoms with van der Waals surface area (Å²) in [4.78, 5) is 14.1. The molecule has 132 valence electrons. The van der Waals surface area contributed by atoms with Gasteiger partial charge in [0.05, 0.1) is 25.2 Å². The summed E-state index contributed by atoms with van der Waals surface area (Å²) in [5.41, 5.74) is -1.26. The summed E-state index contributed by atoms with van der Waals surface area (Å²) in [5, 5.41) is 9.73. The van der Waals surface area contributed by atoms with Gasteiger partial charge < -0.3 is 14.7 Å². The topological polar surface area (TPSA) is 49.8 Å². The van der Waals surface area contributed by atoms with Crippen molar-refractivity contribution in [1.82, 2.24) is 4.90 Å². The van der Waals surface area contributed by atoms with Crippen LogP contribution in [0.4, 0.5) is 13.2 Å². The van der Waals surface area contributed by atoms with Crippen molar-refractivity contribution in [3.8, 4) is 0 Å². The minimum absolute atomic E-state index is 0.0147. The zero-order valence-electron chi connectivity index (χ0n) is 13.2. The third-order valence-electron chi connectivity index (χ3n) is 5.14. The molecule has 1 aromatic carbocycles. The lowest BCUT2D eigenvalue weighted by atomic mass is 9.76. The average Bonchev–Trinajstić information content (AvgIpc) is 2.94. The first-order valence-electron chi connectivity index (χ1n) is 7.97. The monoisotopic (exact) mass is 343 g/mol. The molecule has 2 heterocycles. The molecule has 4 nitrogen and oxygen atoms in total. The van der Waals surface area contributed by atoms with Gasteiger partial charge >= 0.3 is 6.18 Å². The van der Waals surface area contributed by atoms with E-state index in [-0.39, 0.29) is 30.4 Å². The van der Waals surface area contributed by atoms with Gasteiger partial charge in [-0.25, -0.2) is 0 Å². The van der Waals surface area contributed by atoms with Gasteiger partial charge in [-0.15, -0.1) is 0 Å². The molecule has 3 rings (SSSR count). The van der Waals surface area contributed by atoms with Crippen LogP contribution in [0, 0.1) is 11.3 Å². The Hall–Kier alpha value is -1.60. The maximum Gasteiger partial charge on any atom is 0.416 e. The van der Waals surface area contributed by atoms with E-state index in [9.17, 15) is 23.1 Å². The normalized spacial score (nSPS) is 27.2. The van der Waals surface area contributed by atoms with E-state index < -0.39 is 17.2 Å². The van der Waals surface area contributed by atoms with E-state index in [0.717, 1.165) is 12.5 Å². The Bertz CT molecular complexity index is 619.